The number of carbonyl (C=O) groups is 1. The molecule has 0 aromatic rings. The van der Waals surface area contributed by atoms with Gasteiger partial charge in [-0.05, 0) is 20.8 Å². The molecule has 1 amide bonds. The summed E-state index contributed by atoms with van der Waals surface area (Å²) in [5.74, 6) is 0.928. The zero-order valence-corrected chi connectivity index (χ0v) is 10.8. The van der Waals surface area contributed by atoms with E-state index in [-0.39, 0.29) is 11.6 Å². The number of thioether (sulfide) groups is 1. The first-order valence-electron chi connectivity index (χ1n) is 5.57. The Bertz CT molecular complexity index is 339. The molecule has 4 nitrogen and oxygen atoms in total. The Kier molecular flexibility index (Phi) is 3.06. The van der Waals surface area contributed by atoms with Crippen LogP contribution in [-0.2, 0) is 4.74 Å². The van der Waals surface area contributed by atoms with Gasteiger partial charge in [0, 0.05) is 22.6 Å². The van der Waals surface area contributed by atoms with E-state index in [0.29, 0.717) is 13.2 Å². The third-order valence-corrected chi connectivity index (χ3v) is 4.02. The normalized spacial score (nSPS) is 22.8. The molecule has 0 saturated heterocycles. The van der Waals surface area contributed by atoms with E-state index in [1.54, 1.807) is 0 Å². The Morgan fingerprint density at radius 3 is 3.06 bits per heavy atom. The highest BCUT2D eigenvalue weighted by Gasteiger charge is 2.39. The van der Waals surface area contributed by atoms with Gasteiger partial charge in [0.15, 0.2) is 0 Å². The minimum atomic E-state index is -0.210. The van der Waals surface area contributed by atoms with Crippen LogP contribution in [-0.4, -0.2) is 35.6 Å². The van der Waals surface area contributed by atoms with Crippen LogP contribution in [0, 0.1) is 0 Å². The van der Waals surface area contributed by atoms with Crippen LogP contribution in [0.25, 0.3) is 0 Å². The molecular formula is C11H18N2O2S. The van der Waals surface area contributed by atoms with E-state index in [2.05, 4.69) is 19.2 Å². The lowest BCUT2D eigenvalue weighted by Gasteiger charge is -2.41. The second kappa shape index (κ2) is 4.20. The van der Waals surface area contributed by atoms with Gasteiger partial charge >= 0.3 is 6.09 Å². The van der Waals surface area contributed by atoms with Crippen molar-refractivity contribution in [2.75, 3.05) is 19.0 Å². The van der Waals surface area contributed by atoms with Crippen molar-refractivity contribution in [3.8, 4) is 0 Å². The SMILES string of the molecule is CCOC(=O)N1CC2=C(CC1(C)C)SCN2. The summed E-state index contributed by atoms with van der Waals surface area (Å²) in [7, 11) is 0. The van der Waals surface area contributed by atoms with Crippen molar-refractivity contribution in [2.45, 2.75) is 32.7 Å². The predicted molar refractivity (Wildman–Crippen MR) is 65.0 cm³/mol. The molecule has 90 valence electrons. The average molecular weight is 242 g/mol. The second-order valence-electron chi connectivity index (χ2n) is 4.64. The maximum Gasteiger partial charge on any atom is 0.410 e. The first-order valence-corrected chi connectivity index (χ1v) is 6.56. The summed E-state index contributed by atoms with van der Waals surface area (Å²) < 4.78 is 5.10. The number of hydrogen-bond acceptors (Lipinski definition) is 4. The standard InChI is InChI=1S/C11H18N2O2S/c1-4-15-10(14)13-6-8-9(16-7-12-8)5-11(13,2)3/h12H,4-7H2,1-3H3. The van der Waals surface area contributed by atoms with E-state index < -0.39 is 0 Å². The summed E-state index contributed by atoms with van der Waals surface area (Å²) in [5.41, 5.74) is 1.04. The van der Waals surface area contributed by atoms with Crippen LogP contribution in [0.5, 0.6) is 0 Å². The number of carbonyl (C=O) groups excluding carboxylic acids is 1. The molecule has 0 radical (unpaired) electrons. The molecule has 1 N–H and O–H groups in total. The molecule has 2 rings (SSSR count). The summed E-state index contributed by atoms with van der Waals surface area (Å²) in [6.07, 6.45) is 0.705. The fraction of sp³-hybridized carbons (Fsp3) is 0.727. The molecule has 0 bridgehead atoms. The number of hydrogen-bond donors (Lipinski definition) is 1. The van der Waals surface area contributed by atoms with Gasteiger partial charge in [0.1, 0.15) is 0 Å². The van der Waals surface area contributed by atoms with Gasteiger partial charge < -0.3 is 10.1 Å². The zero-order valence-electron chi connectivity index (χ0n) is 10.0. The molecule has 16 heavy (non-hydrogen) atoms. The van der Waals surface area contributed by atoms with Crippen molar-refractivity contribution in [2.24, 2.45) is 0 Å². The van der Waals surface area contributed by atoms with Crippen LogP contribution in [0.3, 0.4) is 0 Å². The summed E-state index contributed by atoms with van der Waals surface area (Å²) >= 11 is 1.85. The van der Waals surface area contributed by atoms with Crippen LogP contribution in [0.1, 0.15) is 27.2 Å². The van der Waals surface area contributed by atoms with Gasteiger partial charge in [-0.25, -0.2) is 4.79 Å². The van der Waals surface area contributed by atoms with Crippen molar-refractivity contribution in [3.05, 3.63) is 10.6 Å². The average Bonchev–Trinajstić information content (AvgIpc) is 2.61. The van der Waals surface area contributed by atoms with Crippen LogP contribution < -0.4 is 5.32 Å². The first kappa shape index (κ1) is 11.6. The molecule has 0 spiro atoms. The molecule has 2 aliphatic heterocycles. The van der Waals surface area contributed by atoms with Crippen LogP contribution >= 0.6 is 11.8 Å². The zero-order chi connectivity index (χ0) is 11.8. The first-order chi connectivity index (χ1) is 7.54. The van der Waals surface area contributed by atoms with Crippen molar-refractivity contribution >= 4 is 17.9 Å². The highest BCUT2D eigenvalue weighted by molar-refractivity contribution is 8.03. The Balaban J connectivity index is 2.17. The summed E-state index contributed by atoms with van der Waals surface area (Å²) in [6.45, 7) is 7.09. The van der Waals surface area contributed by atoms with E-state index in [1.807, 2.05) is 23.6 Å². The number of ether oxygens (including phenoxy) is 1. The molecule has 0 unspecified atom stereocenters. The lowest BCUT2D eigenvalue weighted by molar-refractivity contribution is 0.0659. The number of rotatable bonds is 1. The third-order valence-electron chi connectivity index (χ3n) is 3.00. The van der Waals surface area contributed by atoms with E-state index in [9.17, 15) is 4.79 Å². The molecule has 2 heterocycles. The van der Waals surface area contributed by atoms with Crippen molar-refractivity contribution < 1.29 is 9.53 Å². The second-order valence-corrected chi connectivity index (χ2v) is 5.71. The van der Waals surface area contributed by atoms with Gasteiger partial charge in [-0.3, -0.25) is 4.90 Å². The van der Waals surface area contributed by atoms with Gasteiger partial charge in [-0.15, -0.1) is 11.8 Å². The molecule has 5 heteroatoms. The smallest absolute Gasteiger partial charge is 0.410 e. The van der Waals surface area contributed by atoms with Crippen LogP contribution in [0.15, 0.2) is 10.6 Å². The Morgan fingerprint density at radius 1 is 1.62 bits per heavy atom. The molecule has 0 aromatic heterocycles. The molecule has 0 aromatic carbocycles. The maximum atomic E-state index is 11.8. The lowest BCUT2D eigenvalue weighted by atomic mass is 9.94. The largest absolute Gasteiger partial charge is 0.450 e. The Hall–Kier alpha value is -0.840. The molecule has 0 aliphatic carbocycles. The van der Waals surface area contributed by atoms with Gasteiger partial charge in [0.25, 0.3) is 0 Å². The fourth-order valence-electron chi connectivity index (χ4n) is 2.07. The number of nitrogens with one attached hydrogen (secondary N) is 1. The van der Waals surface area contributed by atoms with E-state index >= 15 is 0 Å². The Morgan fingerprint density at radius 2 is 2.38 bits per heavy atom. The maximum absolute atomic E-state index is 11.8. The molecule has 0 saturated carbocycles. The van der Waals surface area contributed by atoms with Gasteiger partial charge in [-0.2, -0.15) is 0 Å². The van der Waals surface area contributed by atoms with Gasteiger partial charge in [-0.1, -0.05) is 0 Å². The van der Waals surface area contributed by atoms with Crippen molar-refractivity contribution in [1.82, 2.24) is 10.2 Å². The molecule has 0 atom stereocenters. The highest BCUT2D eigenvalue weighted by atomic mass is 32.2. The van der Waals surface area contributed by atoms with Crippen molar-refractivity contribution in [3.63, 3.8) is 0 Å². The van der Waals surface area contributed by atoms with Crippen LogP contribution in [0.2, 0.25) is 0 Å². The third kappa shape index (κ3) is 2.00. The number of nitrogens with zero attached hydrogens (tertiary/aromatic N) is 1. The summed E-state index contributed by atoms with van der Waals surface area (Å²) in [4.78, 5) is 15.1. The van der Waals surface area contributed by atoms with Crippen LogP contribution in [0.4, 0.5) is 4.79 Å². The van der Waals surface area contributed by atoms with E-state index in [4.69, 9.17) is 4.74 Å². The van der Waals surface area contributed by atoms with Gasteiger partial charge in [0.05, 0.1) is 19.0 Å². The molecular weight excluding hydrogens is 224 g/mol. The predicted octanol–water partition coefficient (Wildman–Crippen LogP) is 2.13. The minimum Gasteiger partial charge on any atom is -0.450 e. The monoisotopic (exact) mass is 242 g/mol. The Labute approximate surface area is 100 Å². The lowest BCUT2D eigenvalue weighted by Crippen LogP contribution is -2.52. The molecule has 2 aliphatic rings. The van der Waals surface area contributed by atoms with Gasteiger partial charge in [0.2, 0.25) is 0 Å². The molecule has 0 fully saturated rings. The summed E-state index contributed by atoms with van der Waals surface area (Å²) in [6, 6.07) is 0. The number of amides is 1. The van der Waals surface area contributed by atoms with E-state index in [1.165, 1.54) is 10.6 Å². The fourth-order valence-corrected chi connectivity index (χ4v) is 3.26. The highest BCUT2D eigenvalue weighted by Crippen LogP contribution is 2.39. The summed E-state index contributed by atoms with van der Waals surface area (Å²) in [5, 5.41) is 3.32. The van der Waals surface area contributed by atoms with Crippen molar-refractivity contribution in [1.29, 1.82) is 0 Å². The topological polar surface area (TPSA) is 41.6 Å². The minimum absolute atomic E-state index is 0.149. The quantitative estimate of drug-likeness (QED) is 0.765. The van der Waals surface area contributed by atoms with E-state index in [0.717, 1.165) is 12.3 Å².